The van der Waals surface area contributed by atoms with Crippen molar-refractivity contribution >= 4 is 0 Å². The average molecular weight is 283 g/mol. The summed E-state index contributed by atoms with van der Waals surface area (Å²) >= 11 is 0. The van der Waals surface area contributed by atoms with Crippen LogP contribution in [0.4, 0.5) is 0 Å². The van der Waals surface area contributed by atoms with Crippen LogP contribution in [0.2, 0.25) is 0 Å². The molecule has 0 saturated carbocycles. The second-order valence-electron chi connectivity index (χ2n) is 5.77. The van der Waals surface area contributed by atoms with Crippen molar-refractivity contribution in [1.82, 2.24) is 5.32 Å². The maximum Gasteiger partial charge on any atom is 0.123 e. The van der Waals surface area contributed by atoms with Crippen LogP contribution in [0.25, 0.3) is 0 Å². The number of ether oxygens (including phenoxy) is 1. The molecule has 1 unspecified atom stereocenters. The number of aryl methyl sites for hydroxylation is 2. The third kappa shape index (κ3) is 3.85. The van der Waals surface area contributed by atoms with Crippen molar-refractivity contribution in [2.24, 2.45) is 0 Å². The van der Waals surface area contributed by atoms with Gasteiger partial charge in [0.15, 0.2) is 0 Å². The first-order valence-electron chi connectivity index (χ1n) is 7.48. The van der Waals surface area contributed by atoms with Gasteiger partial charge in [0, 0.05) is 17.6 Å². The Morgan fingerprint density at radius 3 is 2.10 bits per heavy atom. The van der Waals surface area contributed by atoms with Gasteiger partial charge in [-0.25, -0.2) is 0 Å². The van der Waals surface area contributed by atoms with E-state index in [9.17, 15) is 0 Å². The molecule has 1 N–H and O–H groups in total. The largest absolute Gasteiger partial charge is 0.496 e. The molecule has 2 aromatic rings. The molecule has 0 radical (unpaired) electrons. The first-order chi connectivity index (χ1) is 10.0. The maximum absolute atomic E-state index is 5.48. The smallest absolute Gasteiger partial charge is 0.123 e. The van der Waals surface area contributed by atoms with Gasteiger partial charge in [0.2, 0.25) is 0 Å². The summed E-state index contributed by atoms with van der Waals surface area (Å²) in [7, 11) is 1.73. The Kier molecular flexibility index (Phi) is 5.03. The summed E-state index contributed by atoms with van der Waals surface area (Å²) in [6, 6.07) is 15.5. The van der Waals surface area contributed by atoms with Crippen LogP contribution in [0.3, 0.4) is 0 Å². The molecule has 0 bridgehead atoms. The third-order valence-electron chi connectivity index (χ3n) is 3.93. The van der Waals surface area contributed by atoms with E-state index in [1.807, 2.05) is 6.07 Å². The number of rotatable bonds is 5. The molecule has 0 spiro atoms. The summed E-state index contributed by atoms with van der Waals surface area (Å²) in [6.07, 6.45) is 0. The van der Waals surface area contributed by atoms with E-state index in [0.717, 1.165) is 5.75 Å². The Morgan fingerprint density at radius 1 is 0.857 bits per heavy atom. The molecule has 0 fully saturated rings. The molecule has 2 rings (SSSR count). The molecule has 112 valence electrons. The van der Waals surface area contributed by atoms with Crippen LogP contribution in [0.5, 0.6) is 5.75 Å². The summed E-state index contributed by atoms with van der Waals surface area (Å²) in [5, 5.41) is 3.65. The van der Waals surface area contributed by atoms with Crippen molar-refractivity contribution in [1.29, 1.82) is 0 Å². The van der Waals surface area contributed by atoms with Gasteiger partial charge in [0.1, 0.15) is 5.75 Å². The molecule has 0 amide bonds. The highest BCUT2D eigenvalue weighted by Gasteiger charge is 2.15. The zero-order valence-corrected chi connectivity index (χ0v) is 13.6. The van der Waals surface area contributed by atoms with Crippen LogP contribution in [0.15, 0.2) is 42.5 Å². The van der Waals surface area contributed by atoms with Crippen molar-refractivity contribution in [2.45, 2.75) is 39.8 Å². The van der Waals surface area contributed by atoms with E-state index in [1.165, 1.54) is 22.3 Å². The lowest BCUT2D eigenvalue weighted by Gasteiger charge is -2.23. The van der Waals surface area contributed by atoms with Gasteiger partial charge in [-0.3, -0.25) is 0 Å². The topological polar surface area (TPSA) is 21.3 Å². The van der Waals surface area contributed by atoms with Gasteiger partial charge in [0.25, 0.3) is 0 Å². The Bertz CT molecular complexity index is 589. The molecule has 0 aliphatic rings. The second-order valence-corrected chi connectivity index (χ2v) is 5.77. The third-order valence-corrected chi connectivity index (χ3v) is 3.93. The summed E-state index contributed by atoms with van der Waals surface area (Å²) in [6.45, 7) is 8.60. The van der Waals surface area contributed by atoms with Crippen LogP contribution in [-0.4, -0.2) is 7.11 Å². The van der Waals surface area contributed by atoms with E-state index in [0.29, 0.717) is 6.04 Å². The van der Waals surface area contributed by atoms with Crippen LogP contribution in [-0.2, 0) is 0 Å². The lowest BCUT2D eigenvalue weighted by molar-refractivity contribution is 0.396. The zero-order valence-electron chi connectivity index (χ0n) is 13.6. The van der Waals surface area contributed by atoms with Gasteiger partial charge < -0.3 is 10.1 Å². The van der Waals surface area contributed by atoms with E-state index in [-0.39, 0.29) is 6.04 Å². The van der Waals surface area contributed by atoms with Gasteiger partial charge in [-0.05, 0) is 39.3 Å². The minimum atomic E-state index is 0.233. The van der Waals surface area contributed by atoms with Gasteiger partial charge in [-0.2, -0.15) is 0 Å². The van der Waals surface area contributed by atoms with Crippen molar-refractivity contribution in [3.63, 3.8) is 0 Å². The number of hydrogen-bond donors (Lipinski definition) is 1. The molecule has 0 heterocycles. The van der Waals surface area contributed by atoms with E-state index >= 15 is 0 Å². The highest BCUT2D eigenvalue weighted by atomic mass is 16.5. The lowest BCUT2D eigenvalue weighted by atomic mass is 10.0. The fourth-order valence-electron chi connectivity index (χ4n) is 2.61. The molecule has 2 aromatic carbocycles. The van der Waals surface area contributed by atoms with Crippen molar-refractivity contribution in [3.05, 3.63) is 64.7 Å². The van der Waals surface area contributed by atoms with Crippen LogP contribution in [0, 0.1) is 13.8 Å². The molecule has 2 nitrogen and oxygen atoms in total. The molecule has 21 heavy (non-hydrogen) atoms. The van der Waals surface area contributed by atoms with Gasteiger partial charge in [0.05, 0.1) is 7.11 Å². The molecular formula is C19H25NO. The predicted molar refractivity (Wildman–Crippen MR) is 88.9 cm³/mol. The standard InChI is InChI=1S/C19H25NO/c1-13-6-9-17(10-7-13)15(3)20-16(4)18-12-14(2)8-11-19(18)21-5/h6-12,15-16,20H,1-5H3/t15-,16?/m1/s1. The molecule has 0 aliphatic carbocycles. The fraction of sp³-hybridized carbons (Fsp3) is 0.368. The maximum atomic E-state index is 5.48. The van der Waals surface area contributed by atoms with E-state index in [2.05, 4.69) is 69.4 Å². The molecule has 0 saturated heterocycles. The number of hydrogen-bond acceptors (Lipinski definition) is 2. The average Bonchev–Trinajstić information content (AvgIpc) is 2.47. The number of benzene rings is 2. The quantitative estimate of drug-likeness (QED) is 0.857. The van der Waals surface area contributed by atoms with Gasteiger partial charge in [-0.15, -0.1) is 0 Å². The predicted octanol–water partition coefficient (Wildman–Crippen LogP) is 4.72. The van der Waals surface area contributed by atoms with E-state index in [1.54, 1.807) is 7.11 Å². The summed E-state index contributed by atoms with van der Waals surface area (Å²) in [4.78, 5) is 0. The van der Waals surface area contributed by atoms with E-state index in [4.69, 9.17) is 4.74 Å². The lowest BCUT2D eigenvalue weighted by Crippen LogP contribution is -2.23. The minimum absolute atomic E-state index is 0.233. The van der Waals surface area contributed by atoms with Crippen LogP contribution in [0.1, 0.15) is 48.2 Å². The highest BCUT2D eigenvalue weighted by molar-refractivity contribution is 5.39. The first kappa shape index (κ1) is 15.6. The number of methoxy groups -OCH3 is 1. The second kappa shape index (κ2) is 6.77. The molecular weight excluding hydrogens is 258 g/mol. The molecule has 2 atom stereocenters. The summed E-state index contributed by atoms with van der Waals surface area (Å²) in [5.74, 6) is 0.941. The van der Waals surface area contributed by atoms with Gasteiger partial charge >= 0.3 is 0 Å². The molecule has 2 heteroatoms. The van der Waals surface area contributed by atoms with Crippen LogP contribution >= 0.6 is 0 Å². The molecule has 0 aliphatic heterocycles. The van der Waals surface area contributed by atoms with Crippen molar-refractivity contribution < 1.29 is 4.74 Å². The van der Waals surface area contributed by atoms with Crippen molar-refractivity contribution in [2.75, 3.05) is 7.11 Å². The SMILES string of the molecule is COc1ccc(C)cc1C(C)N[C@H](C)c1ccc(C)cc1. The van der Waals surface area contributed by atoms with E-state index < -0.39 is 0 Å². The fourth-order valence-corrected chi connectivity index (χ4v) is 2.61. The molecule has 0 aromatic heterocycles. The first-order valence-corrected chi connectivity index (χ1v) is 7.48. The van der Waals surface area contributed by atoms with Gasteiger partial charge in [-0.1, -0.05) is 47.5 Å². The Hall–Kier alpha value is -1.80. The normalized spacial score (nSPS) is 13.8. The zero-order chi connectivity index (χ0) is 15.4. The highest BCUT2D eigenvalue weighted by Crippen LogP contribution is 2.28. The Labute approximate surface area is 128 Å². The van der Waals surface area contributed by atoms with Crippen molar-refractivity contribution in [3.8, 4) is 5.75 Å². The summed E-state index contributed by atoms with van der Waals surface area (Å²) in [5.41, 5.74) is 5.05. The number of nitrogens with one attached hydrogen (secondary N) is 1. The Morgan fingerprint density at radius 2 is 1.48 bits per heavy atom. The summed E-state index contributed by atoms with van der Waals surface area (Å²) < 4.78 is 5.48. The Balaban J connectivity index is 2.15. The monoisotopic (exact) mass is 283 g/mol. The van der Waals surface area contributed by atoms with Crippen LogP contribution < -0.4 is 10.1 Å². The minimum Gasteiger partial charge on any atom is -0.496 e.